The largest absolute Gasteiger partial charge is 0.712 e. The highest BCUT2D eigenvalue weighted by atomic mass is 32.3. The third-order valence-electron chi connectivity index (χ3n) is 2.83. The second-order valence-corrected chi connectivity index (χ2v) is 10.3. The molecule has 1 atom stereocenters. The van der Waals surface area contributed by atoms with Crippen molar-refractivity contribution in [2.45, 2.75) is 39.0 Å². The Morgan fingerprint density at radius 2 is 1.72 bits per heavy atom. The average Bonchev–Trinajstić information content (AvgIpc) is 2.56. The molecule has 0 N–H and O–H groups in total. The quantitative estimate of drug-likeness (QED) is 0.155. The van der Waals surface area contributed by atoms with Crippen LogP contribution in [0.2, 0.25) is 0 Å². The molecule has 12 heteroatoms. The number of rotatable bonds is 16. The van der Waals surface area contributed by atoms with Crippen molar-refractivity contribution in [3.63, 3.8) is 0 Å². The number of ether oxygens (including phenoxy) is 1. The first-order chi connectivity index (χ1) is 11.8. The molecule has 0 aliphatic heterocycles. The topological polar surface area (TPSA) is 121 Å². The normalized spacial score (nSPS) is 12.7. The summed E-state index contributed by atoms with van der Waals surface area (Å²) in [5, 5.41) is 0. The van der Waals surface area contributed by atoms with Gasteiger partial charge in [0.2, 0.25) is 3.57 Å². The van der Waals surface area contributed by atoms with Gasteiger partial charge in [0.25, 0.3) is 11.3 Å². The molecule has 0 fully saturated rings. The number of sulfonamides is 1. The van der Waals surface area contributed by atoms with Crippen LogP contribution in [0.25, 0.3) is 0 Å². The summed E-state index contributed by atoms with van der Waals surface area (Å²) >= 11 is 0.236. The molecule has 0 heterocycles. The van der Waals surface area contributed by atoms with Crippen LogP contribution in [-0.2, 0) is 30.8 Å². The van der Waals surface area contributed by atoms with Gasteiger partial charge in [0.05, 0.1) is 17.9 Å². The number of carbonyl (C=O) groups is 1. The van der Waals surface area contributed by atoms with Crippen LogP contribution in [0.1, 0.15) is 39.0 Å². The smallest absolute Gasteiger partial charge is 0.422 e. The van der Waals surface area contributed by atoms with Gasteiger partial charge in [-0.25, -0.2) is 0 Å². The highest BCUT2D eigenvalue weighted by Gasteiger charge is 2.30. The Bertz CT molecular complexity index is 524. The molecule has 0 rings (SSSR count). The van der Waals surface area contributed by atoms with Crippen LogP contribution >= 0.6 is 23.5 Å². The van der Waals surface area contributed by atoms with Crippen molar-refractivity contribution in [1.82, 2.24) is 0 Å². The summed E-state index contributed by atoms with van der Waals surface area (Å²) in [6, 6.07) is 0. The van der Waals surface area contributed by atoms with Gasteiger partial charge in [-0.2, -0.15) is 36.2 Å². The summed E-state index contributed by atoms with van der Waals surface area (Å²) in [7, 11) is -4.43. The zero-order chi connectivity index (χ0) is 19.1. The van der Waals surface area contributed by atoms with E-state index in [1.807, 2.05) is 11.8 Å². The number of unbranched alkanes of at least 4 members (excludes halogenated alkanes) is 1. The second-order valence-electron chi connectivity index (χ2n) is 4.98. The van der Waals surface area contributed by atoms with Gasteiger partial charge in [0, 0.05) is 12.2 Å². The first-order valence-corrected chi connectivity index (χ1v) is 12.9. The van der Waals surface area contributed by atoms with E-state index in [1.54, 1.807) is 11.8 Å². The second kappa shape index (κ2) is 14.9. The third kappa shape index (κ3) is 13.7. The molecule has 148 valence electrons. The van der Waals surface area contributed by atoms with Crippen LogP contribution in [0.3, 0.4) is 0 Å². The van der Waals surface area contributed by atoms with E-state index in [2.05, 4.69) is 6.92 Å². The zero-order valence-electron chi connectivity index (χ0n) is 14.2. The fourth-order valence-electron chi connectivity index (χ4n) is 1.54. The molecule has 0 saturated carbocycles. The van der Waals surface area contributed by atoms with E-state index in [4.69, 9.17) is 4.74 Å². The Morgan fingerprint density at radius 3 is 2.32 bits per heavy atom. The zero-order valence-corrected chi connectivity index (χ0v) is 17.5. The lowest BCUT2D eigenvalue weighted by Gasteiger charge is -2.04. The van der Waals surface area contributed by atoms with Crippen molar-refractivity contribution in [1.29, 1.82) is 0 Å². The number of carbonyl (C=O) groups excluding carboxylic acids is 1. The summed E-state index contributed by atoms with van der Waals surface area (Å²) < 4.78 is 47.0. The van der Waals surface area contributed by atoms with Gasteiger partial charge in [-0.15, -0.1) is 0 Å². The lowest BCUT2D eigenvalue weighted by Crippen LogP contribution is -2.24. The van der Waals surface area contributed by atoms with Crippen LogP contribution < -0.4 is 0 Å². The predicted octanol–water partition coefficient (Wildman–Crippen LogP) is 1.87. The molecular formula is C13H25NO7S4. The van der Waals surface area contributed by atoms with Crippen molar-refractivity contribution >= 4 is 50.8 Å². The molecule has 0 aliphatic rings. The van der Waals surface area contributed by atoms with Gasteiger partial charge in [0.1, 0.15) is 5.75 Å². The average molecular weight is 436 g/mol. The fourth-order valence-corrected chi connectivity index (χ4v) is 5.22. The lowest BCUT2D eigenvalue weighted by atomic mass is 10.4. The Kier molecular flexibility index (Phi) is 14.8. The van der Waals surface area contributed by atoms with Crippen molar-refractivity contribution < 1.29 is 30.3 Å². The first kappa shape index (κ1) is 24.8. The summed E-state index contributed by atoms with van der Waals surface area (Å²) in [5.74, 6) is 2.81. The van der Waals surface area contributed by atoms with Gasteiger partial charge in [-0.05, 0) is 30.1 Å². The van der Waals surface area contributed by atoms with Gasteiger partial charge in [-0.1, -0.05) is 13.3 Å². The van der Waals surface area contributed by atoms with Gasteiger partial charge >= 0.3 is 16.0 Å². The number of nitrogens with zero attached hydrogens (tertiary/aromatic N) is 1. The Balaban J connectivity index is 3.59. The number of esters is 1. The summed E-state index contributed by atoms with van der Waals surface area (Å²) in [6.07, 6.45) is 3.65. The number of hydrogen-bond donors (Lipinski definition) is 0. The summed E-state index contributed by atoms with van der Waals surface area (Å²) in [6.45, 7) is 2.00. The standard InChI is InChI=1S/C13H25NO7S4/c1-2-3-8-22-9-5-10-23-11-6-13(15)21-7-4-12-25(19,20)14(16)24(17)18/h2-12H2,1H3. The SMILES string of the molecule is CCCCSCCCSCCC(=O)OCCCS(=O)(=O)[N+](=O)S(=O)[O-]. The molecule has 0 aromatic rings. The molecule has 0 aromatic carbocycles. The Labute approximate surface area is 160 Å². The maximum absolute atomic E-state index is 11.5. The fraction of sp³-hybridized carbons (Fsp3) is 0.923. The van der Waals surface area contributed by atoms with Crippen LogP contribution in [0.4, 0.5) is 0 Å². The Hall–Kier alpha value is -0.170. The van der Waals surface area contributed by atoms with Gasteiger partial charge < -0.3 is 9.29 Å². The lowest BCUT2D eigenvalue weighted by molar-refractivity contribution is -0.206. The molecule has 25 heavy (non-hydrogen) atoms. The number of thioether (sulfide) groups is 2. The molecule has 8 nitrogen and oxygen atoms in total. The van der Waals surface area contributed by atoms with Crippen molar-refractivity contribution in [3.05, 3.63) is 4.91 Å². The van der Waals surface area contributed by atoms with Gasteiger partial charge in [0.15, 0.2) is 0 Å². The minimum absolute atomic E-state index is 0.133. The summed E-state index contributed by atoms with van der Waals surface area (Å²) in [4.78, 5) is 22.3. The van der Waals surface area contributed by atoms with Crippen molar-refractivity contribution in [2.24, 2.45) is 0 Å². The van der Waals surface area contributed by atoms with Gasteiger partial charge in [-0.3, -0.25) is 4.79 Å². The van der Waals surface area contributed by atoms with Crippen LogP contribution in [0, 0.1) is 4.91 Å². The van der Waals surface area contributed by atoms with Crippen LogP contribution in [0.5, 0.6) is 0 Å². The minimum atomic E-state index is -4.43. The highest BCUT2D eigenvalue weighted by molar-refractivity contribution is 8.00. The highest BCUT2D eigenvalue weighted by Crippen LogP contribution is 2.11. The van der Waals surface area contributed by atoms with Crippen molar-refractivity contribution in [3.8, 4) is 0 Å². The number of hydrogen-bond acceptors (Lipinski definition) is 9. The maximum Gasteiger partial charge on any atom is 0.422 e. The molecule has 0 radical (unpaired) electrons. The molecule has 0 amide bonds. The molecule has 0 aliphatic carbocycles. The Morgan fingerprint density at radius 1 is 1.12 bits per heavy atom. The van der Waals surface area contributed by atoms with Crippen LogP contribution in [0.15, 0.2) is 0 Å². The van der Waals surface area contributed by atoms with E-state index >= 15 is 0 Å². The van der Waals surface area contributed by atoms with E-state index in [9.17, 15) is 26.9 Å². The van der Waals surface area contributed by atoms with E-state index in [0.29, 0.717) is 5.75 Å². The number of nitroso groups, excluding NO2 is 1. The minimum Gasteiger partial charge on any atom is -0.712 e. The summed E-state index contributed by atoms with van der Waals surface area (Å²) in [5.41, 5.74) is 0. The molecule has 0 aromatic heterocycles. The van der Waals surface area contributed by atoms with E-state index in [1.165, 1.54) is 18.6 Å². The van der Waals surface area contributed by atoms with E-state index in [0.717, 1.165) is 17.9 Å². The van der Waals surface area contributed by atoms with Crippen molar-refractivity contribution in [2.75, 3.05) is 35.4 Å². The molecule has 1 unspecified atom stereocenters. The predicted molar refractivity (Wildman–Crippen MR) is 101 cm³/mol. The molecule has 0 spiro atoms. The molecule has 0 bridgehead atoms. The first-order valence-electron chi connectivity index (χ1n) is 7.92. The van der Waals surface area contributed by atoms with E-state index < -0.39 is 36.6 Å². The monoisotopic (exact) mass is 435 g/mol. The molecular weight excluding hydrogens is 410 g/mol. The third-order valence-corrected chi connectivity index (χ3v) is 7.60. The van der Waals surface area contributed by atoms with E-state index in [-0.39, 0.29) is 19.4 Å². The maximum atomic E-state index is 11.5. The molecule has 0 saturated heterocycles. The van der Waals surface area contributed by atoms with Crippen LogP contribution in [-0.4, -0.2) is 62.1 Å².